The van der Waals surface area contributed by atoms with Gasteiger partial charge in [-0.15, -0.1) is 0 Å². The number of hydrogen-bond donors (Lipinski definition) is 2. The van der Waals surface area contributed by atoms with Crippen LogP contribution in [-0.4, -0.2) is 67.4 Å². The molecule has 4 heterocycles. The Hall–Kier alpha value is -3.62. The topological polar surface area (TPSA) is 103 Å². The van der Waals surface area contributed by atoms with Crippen molar-refractivity contribution in [2.75, 3.05) is 23.6 Å². The number of anilines is 2. The molecule has 158 valence electrons. The predicted octanol–water partition coefficient (Wildman–Crippen LogP) is 1.58. The number of carbonyl (C=O) groups is 2. The van der Waals surface area contributed by atoms with E-state index < -0.39 is 12.1 Å². The number of carbonyl (C=O) groups excluding carboxylic acids is 2. The van der Waals surface area contributed by atoms with Gasteiger partial charge < -0.3 is 14.9 Å². The Bertz CT molecular complexity index is 1190. The molecule has 3 aromatic heterocycles. The Morgan fingerprint density at radius 2 is 2.12 bits per heavy atom. The third kappa shape index (κ3) is 4.23. The van der Waals surface area contributed by atoms with Crippen molar-refractivity contribution in [3.05, 3.63) is 42.4 Å². The van der Waals surface area contributed by atoms with Crippen LogP contribution in [0.15, 0.2) is 36.8 Å². The van der Waals surface area contributed by atoms with Gasteiger partial charge in [0.05, 0.1) is 5.69 Å². The van der Waals surface area contributed by atoms with Crippen molar-refractivity contribution < 1.29 is 9.59 Å². The summed E-state index contributed by atoms with van der Waals surface area (Å²) in [7, 11) is 13.4. The number of nitrogens with one attached hydrogen (secondary N) is 2. The van der Waals surface area contributed by atoms with Gasteiger partial charge in [0.25, 0.3) is 0 Å². The first-order valence-electron chi connectivity index (χ1n) is 10.2. The number of aromatic nitrogens is 3. The second-order valence-electron chi connectivity index (χ2n) is 7.61. The third-order valence-corrected chi connectivity index (χ3v) is 5.48. The number of urea groups is 1. The van der Waals surface area contributed by atoms with Crippen LogP contribution in [0.25, 0.3) is 22.0 Å². The summed E-state index contributed by atoms with van der Waals surface area (Å²) in [6, 6.07) is 4.48. The Labute approximate surface area is 188 Å². The molecule has 11 heteroatoms. The molecular weight excluding hydrogens is 404 g/mol. The second kappa shape index (κ2) is 8.86. The van der Waals surface area contributed by atoms with E-state index in [9.17, 15) is 9.59 Å². The van der Waals surface area contributed by atoms with Crippen molar-refractivity contribution in [3.63, 3.8) is 0 Å². The van der Waals surface area contributed by atoms with Gasteiger partial charge in [-0.05, 0) is 42.0 Å². The van der Waals surface area contributed by atoms with Gasteiger partial charge in [0.1, 0.15) is 17.7 Å². The highest BCUT2D eigenvalue weighted by Gasteiger charge is 2.30. The van der Waals surface area contributed by atoms with E-state index in [0.29, 0.717) is 35.7 Å². The number of pyridine rings is 3. The third-order valence-electron chi connectivity index (χ3n) is 5.48. The van der Waals surface area contributed by atoms with E-state index in [1.165, 1.54) is 0 Å². The van der Waals surface area contributed by atoms with Crippen molar-refractivity contribution in [1.82, 2.24) is 25.2 Å². The van der Waals surface area contributed by atoms with Crippen LogP contribution >= 0.6 is 0 Å². The number of likely N-dealkylation sites (N-methyl/N-ethyl adjacent to an activating group) is 1. The number of nitrogens with zero attached hydrogens (tertiary/aromatic N) is 5. The smallest absolute Gasteiger partial charge is 0.321 e. The predicted molar refractivity (Wildman–Crippen MR) is 124 cm³/mol. The van der Waals surface area contributed by atoms with Crippen LogP contribution in [0.3, 0.4) is 0 Å². The summed E-state index contributed by atoms with van der Waals surface area (Å²) in [4.78, 5) is 39.1. The number of rotatable bonds is 5. The van der Waals surface area contributed by atoms with E-state index in [1.54, 1.807) is 36.6 Å². The lowest BCUT2D eigenvalue weighted by atomic mass is 10.0. The fraction of sp³-hybridized carbons (Fsp3) is 0.286. The summed E-state index contributed by atoms with van der Waals surface area (Å²) >= 11 is 0. The zero-order valence-corrected chi connectivity index (χ0v) is 17.9. The number of amides is 3. The molecule has 1 saturated heterocycles. The molecule has 1 aliphatic heterocycles. The normalized spacial score (nSPS) is 15.8. The van der Waals surface area contributed by atoms with Crippen LogP contribution < -0.4 is 15.4 Å². The molecule has 1 atom stereocenters. The zero-order valence-electron chi connectivity index (χ0n) is 17.9. The van der Waals surface area contributed by atoms with Crippen molar-refractivity contribution >= 4 is 50.3 Å². The SMILES string of the molecule is [B]N([B])c1nc(-c2cnccc2CC)cc2cc(NC(=O)NC3CCN(C)C3=O)ncc12. The first-order valence-corrected chi connectivity index (χ1v) is 10.2. The molecule has 3 amide bonds. The van der Waals surface area contributed by atoms with Crippen LogP contribution in [-0.2, 0) is 11.2 Å². The van der Waals surface area contributed by atoms with Crippen molar-refractivity contribution in [1.29, 1.82) is 0 Å². The molecule has 0 aliphatic carbocycles. The molecule has 3 aromatic rings. The first kappa shape index (κ1) is 21.6. The molecule has 1 unspecified atom stereocenters. The van der Waals surface area contributed by atoms with Gasteiger partial charge in [-0.1, -0.05) is 6.92 Å². The molecule has 1 fully saturated rings. The molecule has 0 bridgehead atoms. The van der Waals surface area contributed by atoms with Gasteiger partial charge in [0.15, 0.2) is 0 Å². The Morgan fingerprint density at radius 1 is 1.31 bits per heavy atom. The van der Waals surface area contributed by atoms with E-state index in [0.717, 1.165) is 27.7 Å². The first-order chi connectivity index (χ1) is 15.4. The summed E-state index contributed by atoms with van der Waals surface area (Å²) in [5.41, 5.74) is 2.60. The number of hydrogen-bond acceptors (Lipinski definition) is 6. The van der Waals surface area contributed by atoms with Gasteiger partial charge >= 0.3 is 6.03 Å². The summed E-state index contributed by atoms with van der Waals surface area (Å²) < 4.78 is 0.942. The van der Waals surface area contributed by atoms with Crippen molar-refractivity contribution in [3.8, 4) is 11.3 Å². The van der Waals surface area contributed by atoms with E-state index in [4.69, 9.17) is 16.0 Å². The Balaban J connectivity index is 1.66. The minimum atomic E-state index is -0.538. The van der Waals surface area contributed by atoms with E-state index in [-0.39, 0.29) is 5.91 Å². The highest BCUT2D eigenvalue weighted by Crippen LogP contribution is 2.31. The van der Waals surface area contributed by atoms with Gasteiger partial charge in [-0.25, -0.2) is 14.8 Å². The molecule has 4 radical (unpaired) electrons. The molecule has 4 rings (SSSR count). The van der Waals surface area contributed by atoms with E-state index in [2.05, 4.69) is 32.5 Å². The van der Waals surface area contributed by atoms with Crippen LogP contribution in [0.1, 0.15) is 18.9 Å². The Morgan fingerprint density at radius 3 is 2.81 bits per heavy atom. The highest BCUT2D eigenvalue weighted by molar-refractivity contribution is 6.42. The summed E-state index contributed by atoms with van der Waals surface area (Å²) in [6.45, 7) is 2.66. The molecular formula is C21H21B2N7O2. The lowest BCUT2D eigenvalue weighted by Crippen LogP contribution is -2.42. The molecule has 32 heavy (non-hydrogen) atoms. The van der Waals surface area contributed by atoms with E-state index >= 15 is 0 Å². The fourth-order valence-corrected chi connectivity index (χ4v) is 3.76. The average molecular weight is 425 g/mol. The minimum Gasteiger partial charge on any atom is -0.462 e. The van der Waals surface area contributed by atoms with Crippen LogP contribution in [0.2, 0.25) is 0 Å². The molecule has 1 aliphatic rings. The van der Waals surface area contributed by atoms with E-state index in [1.807, 2.05) is 12.1 Å². The van der Waals surface area contributed by atoms with Gasteiger partial charge in [-0.3, -0.25) is 15.1 Å². The Kier molecular flexibility index (Phi) is 5.98. The van der Waals surface area contributed by atoms with Gasteiger partial charge in [0, 0.05) is 43.1 Å². The average Bonchev–Trinajstić information content (AvgIpc) is 3.10. The van der Waals surface area contributed by atoms with Gasteiger partial charge in [0.2, 0.25) is 21.9 Å². The molecule has 0 saturated carbocycles. The largest absolute Gasteiger partial charge is 0.462 e. The lowest BCUT2D eigenvalue weighted by Gasteiger charge is -2.18. The molecule has 0 spiro atoms. The maximum Gasteiger partial charge on any atom is 0.321 e. The molecule has 0 aromatic carbocycles. The maximum absolute atomic E-state index is 12.4. The van der Waals surface area contributed by atoms with Crippen LogP contribution in [0.4, 0.5) is 16.4 Å². The molecule has 9 nitrogen and oxygen atoms in total. The van der Waals surface area contributed by atoms with Crippen LogP contribution in [0.5, 0.6) is 0 Å². The lowest BCUT2D eigenvalue weighted by molar-refractivity contribution is -0.128. The highest BCUT2D eigenvalue weighted by atomic mass is 16.2. The number of aryl methyl sites for hydroxylation is 1. The quantitative estimate of drug-likeness (QED) is 0.602. The molecule has 2 N–H and O–H groups in total. The van der Waals surface area contributed by atoms with Crippen molar-refractivity contribution in [2.45, 2.75) is 25.8 Å². The zero-order chi connectivity index (χ0) is 22.8. The summed E-state index contributed by atoms with van der Waals surface area (Å²) in [5, 5.41) is 6.73. The summed E-state index contributed by atoms with van der Waals surface area (Å²) in [5.74, 6) is 0.548. The van der Waals surface area contributed by atoms with Gasteiger partial charge in [-0.2, -0.15) is 0 Å². The number of fused-ring (bicyclic) bond motifs is 1. The maximum atomic E-state index is 12.4. The van der Waals surface area contributed by atoms with Crippen molar-refractivity contribution in [2.24, 2.45) is 0 Å². The summed E-state index contributed by atoms with van der Waals surface area (Å²) in [6.07, 6.45) is 6.40. The van der Waals surface area contributed by atoms with Crippen LogP contribution in [0, 0.1) is 0 Å². The fourth-order valence-electron chi connectivity index (χ4n) is 3.76. The standard InChI is InChI=1S/C21H21B2N7O2/c1-3-12-4-6-24-10-14(12)17-8-13-9-18(25-11-15(13)19(26-17)30(22)23)28-21(32)27-16-5-7-29(2)20(16)31/h4,6,8-11,16H,3,5,7H2,1-2H3,(H2,25,27,28,32). The minimum absolute atomic E-state index is 0.110. The number of likely N-dealkylation sites (tertiary alicyclic amines) is 1. The monoisotopic (exact) mass is 425 g/mol. The second-order valence-corrected chi connectivity index (χ2v) is 7.61.